The molecule has 1 unspecified atom stereocenters. The largest absolute Gasteiger partial charge is 0.480 e. The Morgan fingerprint density at radius 3 is 2.42 bits per heavy atom. The van der Waals surface area contributed by atoms with Crippen molar-refractivity contribution in [2.75, 3.05) is 0 Å². The minimum atomic E-state index is -1.43. The molecule has 19 heavy (non-hydrogen) atoms. The number of amides is 1. The summed E-state index contributed by atoms with van der Waals surface area (Å²) >= 11 is 0. The molecule has 0 aliphatic rings. The third kappa shape index (κ3) is 3.21. The van der Waals surface area contributed by atoms with Gasteiger partial charge >= 0.3 is 11.7 Å². The number of aliphatic carboxylic acids is 1. The molecule has 0 radical (unpaired) electrons. The lowest BCUT2D eigenvalue weighted by Crippen LogP contribution is -2.38. The SMILES string of the molecule is CC(NC(=O)c1cc([N+](=O)[O-])c(F)cc1F)C(=O)O. The molecule has 9 heteroatoms. The second-order valence-corrected chi connectivity index (χ2v) is 3.57. The first-order valence-corrected chi connectivity index (χ1v) is 4.91. The predicted octanol–water partition coefficient (Wildman–Crippen LogP) is 1.08. The van der Waals surface area contributed by atoms with Crippen LogP contribution < -0.4 is 5.32 Å². The van der Waals surface area contributed by atoms with E-state index < -0.39 is 45.7 Å². The number of carboxylic acids is 1. The van der Waals surface area contributed by atoms with Crippen molar-refractivity contribution in [3.63, 3.8) is 0 Å². The van der Waals surface area contributed by atoms with E-state index in [1.807, 2.05) is 5.32 Å². The zero-order valence-electron chi connectivity index (χ0n) is 9.52. The van der Waals surface area contributed by atoms with Crippen molar-refractivity contribution in [2.45, 2.75) is 13.0 Å². The molecule has 2 N–H and O–H groups in total. The van der Waals surface area contributed by atoms with Crippen LogP contribution in [0.1, 0.15) is 17.3 Å². The number of rotatable bonds is 4. The third-order valence-electron chi connectivity index (χ3n) is 2.20. The summed E-state index contributed by atoms with van der Waals surface area (Å²) in [4.78, 5) is 31.3. The minimum Gasteiger partial charge on any atom is -0.480 e. The summed E-state index contributed by atoms with van der Waals surface area (Å²) in [6.45, 7) is 1.12. The van der Waals surface area contributed by atoms with Crippen molar-refractivity contribution in [3.8, 4) is 0 Å². The van der Waals surface area contributed by atoms with Crippen LogP contribution in [0.15, 0.2) is 12.1 Å². The molecule has 0 bridgehead atoms. The van der Waals surface area contributed by atoms with Crippen molar-refractivity contribution >= 4 is 17.6 Å². The number of carboxylic acid groups (broad SMARTS) is 1. The van der Waals surface area contributed by atoms with E-state index in [4.69, 9.17) is 5.11 Å². The van der Waals surface area contributed by atoms with Gasteiger partial charge < -0.3 is 10.4 Å². The Balaban J connectivity index is 3.13. The van der Waals surface area contributed by atoms with Crippen LogP contribution in [0, 0.1) is 21.7 Å². The van der Waals surface area contributed by atoms with Gasteiger partial charge in [-0.15, -0.1) is 0 Å². The first-order valence-electron chi connectivity index (χ1n) is 4.91. The fourth-order valence-electron chi connectivity index (χ4n) is 1.19. The molecule has 0 aliphatic heterocycles. The molecule has 102 valence electrons. The van der Waals surface area contributed by atoms with E-state index in [0.29, 0.717) is 6.07 Å². The van der Waals surface area contributed by atoms with Crippen molar-refractivity contribution in [1.29, 1.82) is 0 Å². The second kappa shape index (κ2) is 5.38. The molecule has 1 rings (SSSR count). The normalized spacial score (nSPS) is 11.7. The summed E-state index contributed by atoms with van der Waals surface area (Å²) < 4.78 is 26.4. The molecule has 7 nitrogen and oxygen atoms in total. The zero-order chi connectivity index (χ0) is 14.7. The van der Waals surface area contributed by atoms with Crippen LogP contribution in [-0.2, 0) is 4.79 Å². The Kier molecular flexibility index (Phi) is 4.10. The number of carbonyl (C=O) groups excluding carboxylic acids is 1. The van der Waals surface area contributed by atoms with Gasteiger partial charge in [0, 0.05) is 12.1 Å². The van der Waals surface area contributed by atoms with Crippen LogP contribution in [0.4, 0.5) is 14.5 Å². The molecular weight excluding hydrogens is 266 g/mol. The van der Waals surface area contributed by atoms with Gasteiger partial charge in [-0.1, -0.05) is 0 Å². The summed E-state index contributed by atoms with van der Waals surface area (Å²) in [5, 5.41) is 20.9. The van der Waals surface area contributed by atoms with Gasteiger partial charge in [-0.3, -0.25) is 19.7 Å². The Bertz CT molecular complexity index is 561. The van der Waals surface area contributed by atoms with E-state index in [-0.39, 0.29) is 6.07 Å². The number of nitrogens with one attached hydrogen (secondary N) is 1. The molecule has 0 saturated carbocycles. The highest BCUT2D eigenvalue weighted by molar-refractivity contribution is 5.97. The summed E-state index contributed by atoms with van der Waals surface area (Å²) in [5.41, 5.74) is -1.88. The number of nitro groups is 1. The third-order valence-corrected chi connectivity index (χ3v) is 2.20. The molecule has 1 amide bonds. The van der Waals surface area contributed by atoms with Crippen LogP contribution in [-0.4, -0.2) is 27.9 Å². The zero-order valence-corrected chi connectivity index (χ0v) is 9.52. The van der Waals surface area contributed by atoms with Crippen molar-refractivity contribution in [2.24, 2.45) is 0 Å². The number of carbonyl (C=O) groups is 2. The summed E-state index contributed by atoms with van der Waals surface area (Å²) in [6, 6.07) is -0.719. The molecule has 0 spiro atoms. The highest BCUT2D eigenvalue weighted by Crippen LogP contribution is 2.21. The van der Waals surface area contributed by atoms with Gasteiger partial charge in [0.1, 0.15) is 11.9 Å². The van der Waals surface area contributed by atoms with Crippen LogP contribution in [0.25, 0.3) is 0 Å². The topological polar surface area (TPSA) is 110 Å². The smallest absolute Gasteiger partial charge is 0.325 e. The van der Waals surface area contributed by atoms with Gasteiger partial charge in [0.25, 0.3) is 5.91 Å². The lowest BCUT2D eigenvalue weighted by molar-refractivity contribution is -0.387. The summed E-state index contributed by atoms with van der Waals surface area (Å²) in [7, 11) is 0. The van der Waals surface area contributed by atoms with E-state index >= 15 is 0 Å². The molecular formula is C10H8F2N2O5. The molecule has 1 atom stereocenters. The van der Waals surface area contributed by atoms with Crippen LogP contribution in [0.2, 0.25) is 0 Å². The molecule has 0 aromatic heterocycles. The van der Waals surface area contributed by atoms with Gasteiger partial charge in [-0.25, -0.2) is 4.39 Å². The van der Waals surface area contributed by atoms with Gasteiger partial charge in [0.05, 0.1) is 10.5 Å². The second-order valence-electron chi connectivity index (χ2n) is 3.57. The predicted molar refractivity (Wildman–Crippen MR) is 57.6 cm³/mol. The highest BCUT2D eigenvalue weighted by Gasteiger charge is 2.24. The Hall–Kier alpha value is -2.58. The van der Waals surface area contributed by atoms with Crippen LogP contribution >= 0.6 is 0 Å². The molecule has 0 heterocycles. The van der Waals surface area contributed by atoms with E-state index in [0.717, 1.165) is 6.92 Å². The number of nitrogens with zero attached hydrogens (tertiary/aromatic N) is 1. The van der Waals surface area contributed by atoms with Gasteiger partial charge in [-0.05, 0) is 6.92 Å². The number of halogens is 2. The summed E-state index contributed by atoms with van der Waals surface area (Å²) in [6.07, 6.45) is 0. The average molecular weight is 274 g/mol. The van der Waals surface area contributed by atoms with E-state index in [1.54, 1.807) is 0 Å². The molecule has 1 aromatic carbocycles. The molecule has 1 aromatic rings. The van der Waals surface area contributed by atoms with Crippen molar-refractivity contribution in [3.05, 3.63) is 39.4 Å². The lowest BCUT2D eigenvalue weighted by atomic mass is 10.1. The van der Waals surface area contributed by atoms with Gasteiger partial charge in [-0.2, -0.15) is 4.39 Å². The Labute approximate surface area is 105 Å². The van der Waals surface area contributed by atoms with E-state index in [2.05, 4.69) is 0 Å². The average Bonchev–Trinajstić information content (AvgIpc) is 2.27. The number of nitro benzene ring substituents is 1. The number of hydrogen-bond acceptors (Lipinski definition) is 4. The highest BCUT2D eigenvalue weighted by atomic mass is 19.1. The van der Waals surface area contributed by atoms with Crippen LogP contribution in [0.5, 0.6) is 0 Å². The van der Waals surface area contributed by atoms with E-state index in [9.17, 15) is 28.5 Å². The lowest BCUT2D eigenvalue weighted by Gasteiger charge is -2.09. The fraction of sp³-hybridized carbons (Fsp3) is 0.200. The van der Waals surface area contributed by atoms with Gasteiger partial charge in [0.15, 0.2) is 0 Å². The molecule has 0 aliphatic carbocycles. The van der Waals surface area contributed by atoms with Gasteiger partial charge in [0.2, 0.25) is 5.82 Å². The van der Waals surface area contributed by atoms with Crippen molar-refractivity contribution < 1.29 is 28.4 Å². The minimum absolute atomic E-state index is 0.193. The summed E-state index contributed by atoms with van der Waals surface area (Å²) in [5.74, 6) is -5.30. The Morgan fingerprint density at radius 2 is 1.95 bits per heavy atom. The number of hydrogen-bond donors (Lipinski definition) is 2. The van der Waals surface area contributed by atoms with E-state index in [1.165, 1.54) is 0 Å². The fourth-order valence-corrected chi connectivity index (χ4v) is 1.19. The molecule has 0 fully saturated rings. The first-order chi connectivity index (χ1) is 8.73. The maximum absolute atomic E-state index is 13.3. The monoisotopic (exact) mass is 274 g/mol. The Morgan fingerprint density at radius 1 is 1.37 bits per heavy atom. The van der Waals surface area contributed by atoms with Crippen molar-refractivity contribution in [1.82, 2.24) is 5.32 Å². The maximum atomic E-state index is 13.3. The quantitative estimate of drug-likeness (QED) is 0.630. The first kappa shape index (κ1) is 14.5. The molecule has 0 saturated heterocycles. The maximum Gasteiger partial charge on any atom is 0.325 e. The number of benzene rings is 1. The van der Waals surface area contributed by atoms with Crippen LogP contribution in [0.3, 0.4) is 0 Å². The standard InChI is InChI=1S/C10H8F2N2O5/c1-4(10(16)17)13-9(15)5-2-8(14(18)19)7(12)3-6(5)11/h2-4H,1H3,(H,13,15)(H,16,17).